The SMILES string of the molecule is Cc1c(-n2nccn2)sc2c1c(=O)n(C1CCN(C)C1=O)c(=O)n2CCc1cc(F)ccc1O. The van der Waals surface area contributed by atoms with Crippen LogP contribution in [0.3, 0.4) is 0 Å². The molecule has 0 radical (unpaired) electrons. The van der Waals surface area contributed by atoms with Crippen LogP contribution < -0.4 is 11.2 Å². The van der Waals surface area contributed by atoms with Gasteiger partial charge in [-0.3, -0.25) is 14.2 Å². The molecule has 176 valence electrons. The summed E-state index contributed by atoms with van der Waals surface area (Å²) in [6.45, 7) is 2.25. The molecule has 34 heavy (non-hydrogen) atoms. The summed E-state index contributed by atoms with van der Waals surface area (Å²) in [5, 5.41) is 19.3. The number of phenolic OH excluding ortho intramolecular Hbond substituents is 1. The van der Waals surface area contributed by atoms with Crippen LogP contribution in [-0.4, -0.2) is 53.6 Å². The highest BCUT2D eigenvalue weighted by atomic mass is 32.1. The first kappa shape index (κ1) is 22.0. The second-order valence-electron chi connectivity index (χ2n) is 8.23. The summed E-state index contributed by atoms with van der Waals surface area (Å²) in [4.78, 5) is 43.2. The summed E-state index contributed by atoms with van der Waals surface area (Å²) in [6, 6.07) is 2.72. The van der Waals surface area contributed by atoms with Gasteiger partial charge in [0.25, 0.3) is 5.56 Å². The van der Waals surface area contributed by atoms with Gasteiger partial charge in [0.05, 0.1) is 17.8 Å². The molecule has 1 aromatic carbocycles. The van der Waals surface area contributed by atoms with Crippen molar-refractivity contribution in [1.29, 1.82) is 0 Å². The second kappa shape index (κ2) is 8.20. The van der Waals surface area contributed by atoms with Gasteiger partial charge in [0.15, 0.2) is 0 Å². The van der Waals surface area contributed by atoms with E-state index < -0.39 is 23.1 Å². The molecule has 1 fully saturated rings. The molecule has 1 atom stereocenters. The number of likely N-dealkylation sites (tertiary alicyclic amines) is 1. The first-order valence-electron chi connectivity index (χ1n) is 10.7. The summed E-state index contributed by atoms with van der Waals surface area (Å²) >= 11 is 1.19. The van der Waals surface area contributed by atoms with Crippen LogP contribution in [0.2, 0.25) is 0 Å². The molecule has 3 aromatic heterocycles. The van der Waals surface area contributed by atoms with Gasteiger partial charge in [-0.1, -0.05) is 11.3 Å². The molecule has 10 nitrogen and oxygen atoms in total. The molecule has 1 aliphatic rings. The highest BCUT2D eigenvalue weighted by Crippen LogP contribution is 2.31. The fourth-order valence-corrected chi connectivity index (χ4v) is 5.60. The van der Waals surface area contributed by atoms with Gasteiger partial charge in [0.1, 0.15) is 27.4 Å². The molecular formula is C22H21FN6O4S. The maximum Gasteiger partial charge on any atom is 0.332 e. The number of carbonyl (C=O) groups is 1. The van der Waals surface area contributed by atoms with Gasteiger partial charge in [0, 0.05) is 25.7 Å². The standard InChI is InChI=1S/C22H21FN6O4S/c1-12-17-19(32)28(15-6-9-26(2)18(15)31)22(33)27(10-5-13-11-14(23)3-4-16(13)30)21(17)34-20(12)29-24-7-8-25-29/h3-4,7-8,11,15,30H,5-6,9-10H2,1-2H3. The van der Waals surface area contributed by atoms with E-state index in [4.69, 9.17) is 0 Å². The minimum atomic E-state index is -0.895. The second-order valence-corrected chi connectivity index (χ2v) is 9.21. The van der Waals surface area contributed by atoms with E-state index in [1.54, 1.807) is 14.0 Å². The normalized spacial score (nSPS) is 16.1. The number of aryl methyl sites for hydroxylation is 3. The van der Waals surface area contributed by atoms with Gasteiger partial charge < -0.3 is 10.0 Å². The number of carbonyl (C=O) groups excluding carboxylic acids is 1. The minimum Gasteiger partial charge on any atom is -0.508 e. The van der Waals surface area contributed by atoms with E-state index in [1.807, 2.05) is 0 Å². The number of amides is 1. The molecule has 1 saturated heterocycles. The Kier molecular flexibility index (Phi) is 5.31. The first-order chi connectivity index (χ1) is 16.3. The third kappa shape index (κ3) is 3.41. The Labute approximate surface area is 196 Å². The largest absolute Gasteiger partial charge is 0.508 e. The summed E-state index contributed by atoms with van der Waals surface area (Å²) in [6.07, 6.45) is 3.50. The molecular weight excluding hydrogens is 463 g/mol. The molecule has 12 heteroatoms. The van der Waals surface area contributed by atoms with E-state index in [9.17, 15) is 23.9 Å². The van der Waals surface area contributed by atoms with Crippen molar-refractivity contribution in [1.82, 2.24) is 29.0 Å². The molecule has 0 spiro atoms. The van der Waals surface area contributed by atoms with E-state index in [1.165, 1.54) is 50.1 Å². The molecule has 4 heterocycles. The summed E-state index contributed by atoms with van der Waals surface area (Å²) in [5.74, 6) is -0.890. The predicted molar refractivity (Wildman–Crippen MR) is 123 cm³/mol. The number of hydrogen-bond donors (Lipinski definition) is 1. The van der Waals surface area contributed by atoms with Crippen LogP contribution in [0.4, 0.5) is 4.39 Å². The number of rotatable bonds is 5. The van der Waals surface area contributed by atoms with E-state index in [0.29, 0.717) is 39.3 Å². The lowest BCUT2D eigenvalue weighted by molar-refractivity contribution is -0.129. The fraction of sp³-hybridized carbons (Fsp3) is 0.318. The smallest absolute Gasteiger partial charge is 0.332 e. The van der Waals surface area contributed by atoms with Gasteiger partial charge in [-0.2, -0.15) is 10.2 Å². The van der Waals surface area contributed by atoms with E-state index in [2.05, 4.69) is 10.2 Å². The number of nitrogens with zero attached hydrogens (tertiary/aromatic N) is 6. The molecule has 4 aromatic rings. The van der Waals surface area contributed by atoms with Crippen LogP contribution in [0.5, 0.6) is 5.75 Å². The lowest BCUT2D eigenvalue weighted by Gasteiger charge is -2.16. The molecule has 0 saturated carbocycles. The highest BCUT2D eigenvalue weighted by molar-refractivity contribution is 7.21. The van der Waals surface area contributed by atoms with Gasteiger partial charge in [-0.15, -0.1) is 4.80 Å². The fourth-order valence-electron chi connectivity index (χ4n) is 4.37. The topological polar surface area (TPSA) is 115 Å². The van der Waals surface area contributed by atoms with Crippen molar-refractivity contribution in [2.45, 2.75) is 32.4 Å². The van der Waals surface area contributed by atoms with Crippen molar-refractivity contribution < 1.29 is 14.3 Å². The Hall–Kier alpha value is -3.80. The molecule has 5 rings (SSSR count). The van der Waals surface area contributed by atoms with Crippen molar-refractivity contribution in [3.8, 4) is 10.8 Å². The Morgan fingerprint density at radius 2 is 1.94 bits per heavy atom. The lowest BCUT2D eigenvalue weighted by Crippen LogP contribution is -2.44. The zero-order valence-corrected chi connectivity index (χ0v) is 19.3. The van der Waals surface area contributed by atoms with Crippen LogP contribution in [-0.2, 0) is 17.8 Å². The zero-order chi connectivity index (χ0) is 24.1. The van der Waals surface area contributed by atoms with Crippen LogP contribution in [0, 0.1) is 12.7 Å². The summed E-state index contributed by atoms with van der Waals surface area (Å²) < 4.78 is 16.2. The molecule has 0 aliphatic carbocycles. The maximum absolute atomic E-state index is 13.7. The van der Waals surface area contributed by atoms with Crippen molar-refractivity contribution in [3.05, 3.63) is 68.4 Å². The number of hydrogen-bond acceptors (Lipinski definition) is 7. The van der Waals surface area contributed by atoms with Crippen molar-refractivity contribution in [3.63, 3.8) is 0 Å². The Balaban J connectivity index is 1.73. The number of halogens is 1. The highest BCUT2D eigenvalue weighted by Gasteiger charge is 2.34. The number of likely N-dealkylation sites (N-methyl/N-ethyl adjacent to an activating group) is 1. The number of aromatic hydroxyl groups is 1. The monoisotopic (exact) mass is 484 g/mol. The molecule has 1 aliphatic heterocycles. The van der Waals surface area contributed by atoms with Gasteiger partial charge in [-0.25, -0.2) is 13.8 Å². The van der Waals surface area contributed by atoms with Crippen LogP contribution in [0.15, 0.2) is 40.2 Å². The van der Waals surface area contributed by atoms with E-state index in [-0.39, 0.29) is 24.6 Å². The van der Waals surface area contributed by atoms with Crippen LogP contribution in [0.1, 0.15) is 23.6 Å². The number of fused-ring (bicyclic) bond motifs is 1. The maximum atomic E-state index is 13.7. The zero-order valence-electron chi connectivity index (χ0n) is 18.4. The lowest BCUT2D eigenvalue weighted by atomic mass is 10.1. The van der Waals surface area contributed by atoms with Gasteiger partial charge >= 0.3 is 5.69 Å². The average Bonchev–Trinajstić information content (AvgIpc) is 3.52. The minimum absolute atomic E-state index is 0.0648. The first-order valence-corrected chi connectivity index (χ1v) is 11.5. The Morgan fingerprint density at radius 3 is 2.62 bits per heavy atom. The Bertz CT molecular complexity index is 1540. The van der Waals surface area contributed by atoms with Crippen molar-refractivity contribution in [2.75, 3.05) is 13.6 Å². The molecule has 0 bridgehead atoms. The molecule has 1 amide bonds. The molecule has 1 unspecified atom stereocenters. The molecule has 1 N–H and O–H groups in total. The third-order valence-electron chi connectivity index (χ3n) is 6.18. The van der Waals surface area contributed by atoms with E-state index >= 15 is 0 Å². The quantitative estimate of drug-likeness (QED) is 0.460. The van der Waals surface area contributed by atoms with Crippen LogP contribution in [0.25, 0.3) is 15.2 Å². The van der Waals surface area contributed by atoms with Gasteiger partial charge in [0.2, 0.25) is 5.91 Å². The van der Waals surface area contributed by atoms with Crippen molar-refractivity contribution >= 4 is 27.5 Å². The summed E-state index contributed by atoms with van der Waals surface area (Å²) in [7, 11) is 1.63. The van der Waals surface area contributed by atoms with Gasteiger partial charge in [-0.05, 0) is 43.5 Å². The third-order valence-corrected chi connectivity index (χ3v) is 7.46. The number of phenols is 1. The number of aromatic nitrogens is 5. The average molecular weight is 485 g/mol. The number of thiophene rings is 1. The Morgan fingerprint density at radius 1 is 1.21 bits per heavy atom. The van der Waals surface area contributed by atoms with Crippen molar-refractivity contribution in [2.24, 2.45) is 0 Å². The predicted octanol–water partition coefficient (Wildman–Crippen LogP) is 1.60. The number of benzene rings is 1. The van der Waals surface area contributed by atoms with Crippen LogP contribution >= 0.6 is 11.3 Å². The van der Waals surface area contributed by atoms with E-state index in [0.717, 1.165) is 10.6 Å². The summed E-state index contributed by atoms with van der Waals surface area (Å²) in [5.41, 5.74) is -0.234.